The van der Waals surface area contributed by atoms with E-state index in [4.69, 9.17) is 0 Å². The van der Waals surface area contributed by atoms with Crippen LogP contribution < -0.4 is 10.6 Å². The number of hydrogen-bond acceptors (Lipinski definition) is 2. The van der Waals surface area contributed by atoms with Crippen molar-refractivity contribution in [1.29, 1.82) is 0 Å². The second-order valence-corrected chi connectivity index (χ2v) is 5.95. The summed E-state index contributed by atoms with van der Waals surface area (Å²) < 4.78 is 0. The van der Waals surface area contributed by atoms with Crippen molar-refractivity contribution in [1.82, 2.24) is 10.6 Å². The Hall–Kier alpha value is -0.830. The molecule has 0 heterocycles. The molecule has 94 valence electrons. The lowest BCUT2D eigenvalue weighted by Gasteiger charge is -2.21. The number of carbonyl (C=O) groups is 1. The summed E-state index contributed by atoms with van der Waals surface area (Å²) in [6.45, 7) is 2.96. The average Bonchev–Trinajstić information content (AvgIpc) is 2.90. The van der Waals surface area contributed by atoms with E-state index in [0.717, 1.165) is 37.1 Å². The van der Waals surface area contributed by atoms with Crippen molar-refractivity contribution in [3.8, 4) is 0 Å². The molecule has 2 N–H and O–H groups in total. The number of amides is 1. The first-order chi connectivity index (χ1) is 8.22. The van der Waals surface area contributed by atoms with E-state index in [1.807, 2.05) is 6.92 Å². The molecule has 0 aromatic heterocycles. The highest BCUT2D eigenvalue weighted by molar-refractivity contribution is 5.81. The Morgan fingerprint density at radius 1 is 1.35 bits per heavy atom. The Morgan fingerprint density at radius 3 is 2.76 bits per heavy atom. The molecular formula is C14H22N2O. The molecule has 0 aromatic rings. The van der Waals surface area contributed by atoms with Gasteiger partial charge in [-0.1, -0.05) is 12.2 Å². The van der Waals surface area contributed by atoms with Crippen LogP contribution in [0.3, 0.4) is 0 Å². The highest BCUT2D eigenvalue weighted by Crippen LogP contribution is 2.42. The summed E-state index contributed by atoms with van der Waals surface area (Å²) in [5.41, 5.74) is 0. The van der Waals surface area contributed by atoms with E-state index in [0.29, 0.717) is 6.04 Å². The molecule has 3 heteroatoms. The first-order valence-corrected chi connectivity index (χ1v) is 6.94. The number of fused-ring (bicyclic) bond motifs is 2. The number of rotatable bonds is 5. The fourth-order valence-electron chi connectivity index (χ4n) is 3.10. The SMILES string of the molecule is CC(NCC1CC2C=CC1C2)C(=O)NC1CC1. The second-order valence-electron chi connectivity index (χ2n) is 5.95. The number of nitrogens with one attached hydrogen (secondary N) is 2. The minimum absolute atomic E-state index is 0.0429. The third-order valence-corrected chi connectivity index (χ3v) is 4.42. The maximum absolute atomic E-state index is 11.8. The van der Waals surface area contributed by atoms with Gasteiger partial charge in [-0.2, -0.15) is 0 Å². The molecular weight excluding hydrogens is 212 g/mol. The first-order valence-electron chi connectivity index (χ1n) is 6.94. The maximum atomic E-state index is 11.8. The van der Waals surface area contributed by atoms with Crippen LogP contribution >= 0.6 is 0 Å². The molecule has 0 aliphatic heterocycles. The van der Waals surface area contributed by atoms with Crippen LogP contribution in [0.25, 0.3) is 0 Å². The summed E-state index contributed by atoms with van der Waals surface area (Å²) >= 11 is 0. The van der Waals surface area contributed by atoms with Gasteiger partial charge >= 0.3 is 0 Å². The number of allylic oxidation sites excluding steroid dienone is 2. The Morgan fingerprint density at radius 2 is 2.18 bits per heavy atom. The van der Waals surface area contributed by atoms with Crippen molar-refractivity contribution in [2.75, 3.05) is 6.54 Å². The van der Waals surface area contributed by atoms with Crippen LogP contribution in [-0.2, 0) is 4.79 Å². The summed E-state index contributed by atoms with van der Waals surface area (Å²) in [5.74, 6) is 2.51. The maximum Gasteiger partial charge on any atom is 0.237 e. The van der Waals surface area contributed by atoms with Gasteiger partial charge in [0.15, 0.2) is 0 Å². The molecule has 0 spiro atoms. The van der Waals surface area contributed by atoms with Crippen LogP contribution in [0.5, 0.6) is 0 Å². The van der Waals surface area contributed by atoms with Gasteiger partial charge in [0.05, 0.1) is 6.04 Å². The molecule has 3 rings (SSSR count). The second kappa shape index (κ2) is 4.45. The van der Waals surface area contributed by atoms with Crippen molar-refractivity contribution in [3.05, 3.63) is 12.2 Å². The van der Waals surface area contributed by atoms with E-state index in [2.05, 4.69) is 22.8 Å². The van der Waals surface area contributed by atoms with Crippen LogP contribution in [0.2, 0.25) is 0 Å². The normalized spacial score (nSPS) is 36.2. The minimum atomic E-state index is -0.0429. The number of carbonyl (C=O) groups excluding carboxylic acids is 1. The zero-order chi connectivity index (χ0) is 11.8. The molecule has 3 aliphatic rings. The highest BCUT2D eigenvalue weighted by Gasteiger charge is 2.35. The van der Waals surface area contributed by atoms with Gasteiger partial charge in [0, 0.05) is 6.04 Å². The van der Waals surface area contributed by atoms with Crippen LogP contribution in [0.4, 0.5) is 0 Å². The number of hydrogen-bond donors (Lipinski definition) is 2. The van der Waals surface area contributed by atoms with Gasteiger partial charge in [-0.3, -0.25) is 4.79 Å². The zero-order valence-electron chi connectivity index (χ0n) is 10.5. The summed E-state index contributed by atoms with van der Waals surface area (Å²) in [7, 11) is 0. The topological polar surface area (TPSA) is 41.1 Å². The molecule has 0 aromatic carbocycles. The molecule has 0 radical (unpaired) electrons. The van der Waals surface area contributed by atoms with E-state index < -0.39 is 0 Å². The molecule has 17 heavy (non-hydrogen) atoms. The lowest BCUT2D eigenvalue weighted by molar-refractivity contribution is -0.122. The predicted molar refractivity (Wildman–Crippen MR) is 67.5 cm³/mol. The van der Waals surface area contributed by atoms with Crippen LogP contribution in [-0.4, -0.2) is 24.5 Å². The monoisotopic (exact) mass is 234 g/mol. The van der Waals surface area contributed by atoms with Crippen molar-refractivity contribution in [3.63, 3.8) is 0 Å². The molecule has 2 fully saturated rings. The van der Waals surface area contributed by atoms with E-state index in [1.54, 1.807) is 0 Å². The average molecular weight is 234 g/mol. The van der Waals surface area contributed by atoms with Gasteiger partial charge in [0.2, 0.25) is 5.91 Å². The largest absolute Gasteiger partial charge is 0.352 e. The Bertz CT molecular complexity index is 335. The van der Waals surface area contributed by atoms with Crippen LogP contribution in [0.15, 0.2) is 12.2 Å². The van der Waals surface area contributed by atoms with Gasteiger partial charge in [-0.05, 0) is 56.9 Å². The minimum Gasteiger partial charge on any atom is -0.352 e. The quantitative estimate of drug-likeness (QED) is 0.707. The van der Waals surface area contributed by atoms with E-state index >= 15 is 0 Å². The first kappa shape index (κ1) is 11.3. The Balaban J connectivity index is 1.41. The fraction of sp³-hybridized carbons (Fsp3) is 0.786. The van der Waals surface area contributed by atoms with E-state index in [1.165, 1.54) is 12.8 Å². The van der Waals surface area contributed by atoms with Crippen molar-refractivity contribution >= 4 is 5.91 Å². The van der Waals surface area contributed by atoms with Gasteiger partial charge < -0.3 is 10.6 Å². The van der Waals surface area contributed by atoms with Gasteiger partial charge in [-0.25, -0.2) is 0 Å². The van der Waals surface area contributed by atoms with E-state index in [-0.39, 0.29) is 11.9 Å². The highest BCUT2D eigenvalue weighted by atomic mass is 16.2. The van der Waals surface area contributed by atoms with Crippen molar-refractivity contribution in [2.45, 2.75) is 44.7 Å². The molecule has 2 bridgehead atoms. The van der Waals surface area contributed by atoms with E-state index in [9.17, 15) is 4.79 Å². The molecule has 3 aliphatic carbocycles. The Labute approximate surface area is 103 Å². The smallest absolute Gasteiger partial charge is 0.237 e. The predicted octanol–water partition coefficient (Wildman–Crippen LogP) is 1.46. The summed E-state index contributed by atoms with van der Waals surface area (Å²) in [6.07, 6.45) is 9.71. The third-order valence-electron chi connectivity index (χ3n) is 4.42. The third kappa shape index (κ3) is 2.54. The molecule has 3 nitrogen and oxygen atoms in total. The van der Waals surface area contributed by atoms with Crippen LogP contribution in [0, 0.1) is 17.8 Å². The fourth-order valence-corrected chi connectivity index (χ4v) is 3.10. The summed E-state index contributed by atoms with van der Waals surface area (Å²) in [4.78, 5) is 11.8. The standard InChI is InChI=1S/C14H22N2O/c1-9(14(17)16-13-4-5-13)15-8-12-7-10-2-3-11(12)6-10/h2-3,9-13,15H,4-8H2,1H3,(H,16,17). The zero-order valence-corrected chi connectivity index (χ0v) is 10.5. The van der Waals surface area contributed by atoms with Crippen LogP contribution in [0.1, 0.15) is 32.6 Å². The van der Waals surface area contributed by atoms with Gasteiger partial charge in [-0.15, -0.1) is 0 Å². The molecule has 4 unspecified atom stereocenters. The lowest BCUT2D eigenvalue weighted by atomic mass is 9.93. The van der Waals surface area contributed by atoms with Crippen molar-refractivity contribution < 1.29 is 4.79 Å². The summed E-state index contributed by atoms with van der Waals surface area (Å²) in [6, 6.07) is 0.427. The summed E-state index contributed by atoms with van der Waals surface area (Å²) in [5, 5.41) is 6.44. The van der Waals surface area contributed by atoms with Gasteiger partial charge in [0.25, 0.3) is 0 Å². The molecule has 4 atom stereocenters. The van der Waals surface area contributed by atoms with Crippen molar-refractivity contribution in [2.24, 2.45) is 17.8 Å². The molecule has 2 saturated carbocycles. The lowest BCUT2D eigenvalue weighted by Crippen LogP contribution is -2.44. The Kier molecular flexibility index (Phi) is 2.95. The molecule has 1 amide bonds. The molecule has 0 saturated heterocycles. The van der Waals surface area contributed by atoms with Gasteiger partial charge in [0.1, 0.15) is 0 Å².